The number of rotatable bonds is 0. The molecule has 2 aliphatic carbocycles. The predicted molar refractivity (Wildman–Crippen MR) is 57.6 cm³/mol. The molecule has 2 saturated carbocycles. The first-order chi connectivity index (χ1) is 6.03. The van der Waals surface area contributed by atoms with Gasteiger partial charge < -0.3 is 0 Å². The molecule has 0 heteroatoms. The SMILES string of the molecule is CC1CCC2(C)CC1C(C)CC2C. The quantitative estimate of drug-likeness (QED) is 0.526. The van der Waals surface area contributed by atoms with E-state index in [1.54, 1.807) is 0 Å². The van der Waals surface area contributed by atoms with Crippen molar-refractivity contribution < 1.29 is 0 Å². The van der Waals surface area contributed by atoms with Crippen molar-refractivity contribution in [3.8, 4) is 0 Å². The van der Waals surface area contributed by atoms with Crippen LogP contribution in [0.2, 0.25) is 0 Å². The molecule has 0 spiro atoms. The van der Waals surface area contributed by atoms with Gasteiger partial charge in [0.1, 0.15) is 0 Å². The molecule has 2 fully saturated rings. The molecule has 5 atom stereocenters. The average molecular weight is 180 g/mol. The highest BCUT2D eigenvalue weighted by molar-refractivity contribution is 4.95. The van der Waals surface area contributed by atoms with Crippen LogP contribution >= 0.6 is 0 Å². The van der Waals surface area contributed by atoms with Crippen LogP contribution in [0.1, 0.15) is 53.4 Å². The highest BCUT2D eigenvalue weighted by Gasteiger charge is 2.45. The minimum atomic E-state index is 0.698. The van der Waals surface area contributed by atoms with Crippen LogP contribution < -0.4 is 0 Å². The van der Waals surface area contributed by atoms with E-state index in [0.29, 0.717) is 5.41 Å². The van der Waals surface area contributed by atoms with Gasteiger partial charge in [-0.05, 0) is 54.8 Å². The molecule has 0 amide bonds. The Kier molecular flexibility index (Phi) is 2.20. The van der Waals surface area contributed by atoms with E-state index in [2.05, 4.69) is 27.7 Å². The smallest absolute Gasteiger partial charge is 0.0297 e. The third-order valence-electron chi connectivity index (χ3n) is 5.25. The van der Waals surface area contributed by atoms with Crippen molar-refractivity contribution in [3.05, 3.63) is 0 Å². The van der Waals surface area contributed by atoms with Gasteiger partial charge in [-0.2, -0.15) is 0 Å². The molecule has 0 saturated heterocycles. The van der Waals surface area contributed by atoms with Crippen molar-refractivity contribution in [2.24, 2.45) is 29.1 Å². The summed E-state index contributed by atoms with van der Waals surface area (Å²) in [6, 6.07) is 0. The van der Waals surface area contributed by atoms with Gasteiger partial charge >= 0.3 is 0 Å². The van der Waals surface area contributed by atoms with Crippen LogP contribution in [0, 0.1) is 29.1 Å². The standard InChI is InChI=1S/C13H24/c1-9-5-6-13(4)8-12(9)10(2)7-11(13)3/h9-12H,5-8H2,1-4H3. The molecule has 0 nitrogen and oxygen atoms in total. The lowest BCUT2D eigenvalue weighted by Crippen LogP contribution is -2.43. The fourth-order valence-corrected chi connectivity index (χ4v) is 3.84. The Morgan fingerprint density at radius 3 is 2.46 bits per heavy atom. The van der Waals surface area contributed by atoms with Gasteiger partial charge in [-0.3, -0.25) is 0 Å². The Hall–Kier alpha value is 0. The third kappa shape index (κ3) is 1.43. The van der Waals surface area contributed by atoms with Gasteiger partial charge in [0, 0.05) is 0 Å². The molecule has 0 N–H and O–H groups in total. The van der Waals surface area contributed by atoms with Crippen molar-refractivity contribution in [1.29, 1.82) is 0 Å². The molecule has 13 heavy (non-hydrogen) atoms. The molecule has 0 aromatic rings. The zero-order chi connectivity index (χ0) is 9.64. The summed E-state index contributed by atoms with van der Waals surface area (Å²) in [7, 11) is 0. The monoisotopic (exact) mass is 180 g/mol. The van der Waals surface area contributed by atoms with E-state index in [0.717, 1.165) is 23.7 Å². The number of fused-ring (bicyclic) bond motifs is 2. The lowest BCUT2D eigenvalue weighted by molar-refractivity contribution is -0.0254. The zero-order valence-electron chi connectivity index (χ0n) is 9.64. The maximum absolute atomic E-state index is 2.53. The molecule has 0 aliphatic heterocycles. The Balaban J connectivity index is 2.19. The van der Waals surface area contributed by atoms with E-state index < -0.39 is 0 Å². The Bertz CT molecular complexity index is 196. The summed E-state index contributed by atoms with van der Waals surface area (Å²) >= 11 is 0. The fourth-order valence-electron chi connectivity index (χ4n) is 3.84. The first-order valence-corrected chi connectivity index (χ1v) is 6.03. The molecule has 0 aromatic carbocycles. The molecule has 2 aliphatic rings. The first-order valence-electron chi connectivity index (χ1n) is 6.03. The van der Waals surface area contributed by atoms with E-state index in [1.165, 1.54) is 25.7 Å². The van der Waals surface area contributed by atoms with Crippen molar-refractivity contribution in [2.75, 3.05) is 0 Å². The maximum Gasteiger partial charge on any atom is -0.0297 e. The van der Waals surface area contributed by atoms with Crippen LogP contribution in [0.25, 0.3) is 0 Å². The molecular weight excluding hydrogens is 156 g/mol. The minimum Gasteiger partial charge on any atom is -0.0622 e. The van der Waals surface area contributed by atoms with E-state index in [9.17, 15) is 0 Å². The fraction of sp³-hybridized carbons (Fsp3) is 1.00. The molecule has 0 heterocycles. The molecule has 0 aromatic heterocycles. The van der Waals surface area contributed by atoms with Crippen LogP contribution in [-0.4, -0.2) is 0 Å². The average Bonchev–Trinajstić information content (AvgIpc) is 2.07. The second kappa shape index (κ2) is 3.00. The Morgan fingerprint density at radius 1 is 1.08 bits per heavy atom. The second-order valence-electron chi connectivity index (χ2n) is 6.15. The molecular formula is C13H24. The van der Waals surface area contributed by atoms with Gasteiger partial charge in [0.15, 0.2) is 0 Å². The Morgan fingerprint density at radius 2 is 1.77 bits per heavy atom. The summed E-state index contributed by atoms with van der Waals surface area (Å²) in [4.78, 5) is 0. The van der Waals surface area contributed by atoms with Crippen LogP contribution in [0.3, 0.4) is 0 Å². The van der Waals surface area contributed by atoms with Crippen molar-refractivity contribution in [2.45, 2.75) is 53.4 Å². The van der Waals surface area contributed by atoms with Gasteiger partial charge in [0.25, 0.3) is 0 Å². The van der Waals surface area contributed by atoms with Crippen molar-refractivity contribution in [1.82, 2.24) is 0 Å². The first kappa shape index (κ1) is 9.55. The maximum atomic E-state index is 2.53. The van der Waals surface area contributed by atoms with E-state index in [4.69, 9.17) is 0 Å². The van der Waals surface area contributed by atoms with Crippen molar-refractivity contribution in [3.63, 3.8) is 0 Å². The number of hydrogen-bond donors (Lipinski definition) is 0. The van der Waals surface area contributed by atoms with Crippen LogP contribution in [0.5, 0.6) is 0 Å². The lowest BCUT2D eigenvalue weighted by Gasteiger charge is -2.53. The lowest BCUT2D eigenvalue weighted by atomic mass is 9.53. The second-order valence-corrected chi connectivity index (χ2v) is 6.15. The topological polar surface area (TPSA) is 0 Å². The van der Waals surface area contributed by atoms with E-state index >= 15 is 0 Å². The van der Waals surface area contributed by atoms with Gasteiger partial charge in [-0.15, -0.1) is 0 Å². The summed E-state index contributed by atoms with van der Waals surface area (Å²) in [6.07, 6.45) is 5.95. The van der Waals surface area contributed by atoms with Gasteiger partial charge in [-0.1, -0.05) is 27.7 Å². The largest absolute Gasteiger partial charge is 0.0622 e. The molecule has 0 radical (unpaired) electrons. The van der Waals surface area contributed by atoms with E-state index in [1.807, 2.05) is 0 Å². The molecule has 5 unspecified atom stereocenters. The van der Waals surface area contributed by atoms with Crippen LogP contribution in [0.15, 0.2) is 0 Å². The zero-order valence-corrected chi connectivity index (χ0v) is 9.64. The Labute approximate surface area is 83.1 Å². The minimum absolute atomic E-state index is 0.698. The van der Waals surface area contributed by atoms with Gasteiger partial charge in [0.2, 0.25) is 0 Å². The summed E-state index contributed by atoms with van der Waals surface area (Å²) in [6.45, 7) is 9.95. The highest BCUT2D eigenvalue weighted by atomic mass is 14.5. The highest BCUT2D eigenvalue weighted by Crippen LogP contribution is 2.55. The summed E-state index contributed by atoms with van der Waals surface area (Å²) in [5, 5.41) is 0. The van der Waals surface area contributed by atoms with Crippen LogP contribution in [0.4, 0.5) is 0 Å². The van der Waals surface area contributed by atoms with Crippen molar-refractivity contribution >= 4 is 0 Å². The summed E-state index contributed by atoms with van der Waals surface area (Å²) < 4.78 is 0. The van der Waals surface area contributed by atoms with Crippen LogP contribution in [-0.2, 0) is 0 Å². The third-order valence-corrected chi connectivity index (χ3v) is 5.25. The van der Waals surface area contributed by atoms with Gasteiger partial charge in [0.05, 0.1) is 0 Å². The molecule has 2 rings (SSSR count). The molecule has 76 valence electrons. The van der Waals surface area contributed by atoms with Gasteiger partial charge in [-0.25, -0.2) is 0 Å². The summed E-state index contributed by atoms with van der Waals surface area (Å²) in [5.74, 6) is 3.98. The van der Waals surface area contributed by atoms with E-state index in [-0.39, 0.29) is 0 Å². The molecule has 2 bridgehead atoms. The normalized spacial score (nSPS) is 56.3. The summed E-state index contributed by atoms with van der Waals surface area (Å²) in [5.41, 5.74) is 0.698. The number of hydrogen-bond acceptors (Lipinski definition) is 0. The predicted octanol–water partition coefficient (Wildman–Crippen LogP) is 4.10.